The number of pyridine rings is 1. The Morgan fingerprint density at radius 3 is 2.50 bits per heavy atom. The quantitative estimate of drug-likeness (QED) is 0.930. The van der Waals surface area contributed by atoms with Gasteiger partial charge < -0.3 is 15.0 Å². The van der Waals surface area contributed by atoms with E-state index in [9.17, 15) is 4.79 Å². The molecule has 0 bridgehead atoms. The summed E-state index contributed by atoms with van der Waals surface area (Å²) in [4.78, 5) is 12.3. The third-order valence-electron chi connectivity index (χ3n) is 3.70. The van der Waals surface area contributed by atoms with Crippen LogP contribution in [0.5, 0.6) is 5.75 Å². The zero-order chi connectivity index (χ0) is 14.9. The van der Waals surface area contributed by atoms with Gasteiger partial charge in [0.15, 0.2) is 0 Å². The Hall–Kier alpha value is -2.07. The molecule has 0 fully saturated rings. The molecule has 2 rings (SSSR count). The smallest absolute Gasteiger partial charge is 0.255 e. The lowest BCUT2D eigenvalue weighted by atomic mass is 9.98. The summed E-state index contributed by atoms with van der Waals surface area (Å²) in [6.07, 6.45) is 0. The van der Waals surface area contributed by atoms with Crippen LogP contribution in [-0.2, 0) is 7.05 Å². The maximum absolute atomic E-state index is 12.3. The van der Waals surface area contributed by atoms with E-state index >= 15 is 0 Å². The van der Waals surface area contributed by atoms with E-state index in [1.807, 2.05) is 44.2 Å². The fourth-order valence-corrected chi connectivity index (χ4v) is 2.26. The number of nitrogens with two attached hydrogens (primary N) is 1. The molecule has 0 saturated carbocycles. The van der Waals surface area contributed by atoms with Gasteiger partial charge in [-0.25, -0.2) is 0 Å². The number of rotatable bonds is 3. The molecule has 1 heterocycles. The van der Waals surface area contributed by atoms with E-state index in [4.69, 9.17) is 10.5 Å². The van der Waals surface area contributed by atoms with E-state index in [1.165, 1.54) is 0 Å². The second-order valence-electron chi connectivity index (χ2n) is 5.00. The highest BCUT2D eigenvalue weighted by Gasteiger charge is 2.15. The second kappa shape index (κ2) is 5.51. The highest BCUT2D eigenvalue weighted by Crippen LogP contribution is 2.24. The molecule has 20 heavy (non-hydrogen) atoms. The monoisotopic (exact) mass is 272 g/mol. The molecule has 0 radical (unpaired) electrons. The van der Waals surface area contributed by atoms with E-state index in [0.29, 0.717) is 5.56 Å². The molecular weight excluding hydrogens is 252 g/mol. The van der Waals surface area contributed by atoms with Crippen LogP contribution in [0.1, 0.15) is 28.4 Å². The molecular formula is C16H20N2O2. The van der Waals surface area contributed by atoms with E-state index < -0.39 is 6.04 Å². The first kappa shape index (κ1) is 14.3. The largest absolute Gasteiger partial charge is 0.496 e. The molecule has 1 unspecified atom stereocenters. The van der Waals surface area contributed by atoms with Gasteiger partial charge in [0, 0.05) is 18.3 Å². The van der Waals surface area contributed by atoms with Gasteiger partial charge in [-0.2, -0.15) is 0 Å². The van der Waals surface area contributed by atoms with Crippen LogP contribution in [0.15, 0.2) is 35.1 Å². The van der Waals surface area contributed by atoms with Gasteiger partial charge in [0.2, 0.25) is 0 Å². The number of ether oxygens (including phenoxy) is 1. The lowest BCUT2D eigenvalue weighted by molar-refractivity contribution is 0.411. The van der Waals surface area contributed by atoms with Crippen molar-refractivity contribution in [3.63, 3.8) is 0 Å². The molecule has 0 aliphatic rings. The van der Waals surface area contributed by atoms with E-state index in [0.717, 1.165) is 22.6 Å². The second-order valence-corrected chi connectivity index (χ2v) is 5.00. The molecule has 1 aromatic heterocycles. The summed E-state index contributed by atoms with van der Waals surface area (Å²) in [7, 11) is 3.39. The maximum atomic E-state index is 12.3. The van der Waals surface area contributed by atoms with Crippen LogP contribution in [0.4, 0.5) is 0 Å². The summed E-state index contributed by atoms with van der Waals surface area (Å²) >= 11 is 0. The zero-order valence-electron chi connectivity index (χ0n) is 12.3. The number of benzene rings is 1. The van der Waals surface area contributed by atoms with E-state index in [-0.39, 0.29) is 5.56 Å². The van der Waals surface area contributed by atoms with Crippen LogP contribution in [0.25, 0.3) is 0 Å². The summed E-state index contributed by atoms with van der Waals surface area (Å²) in [5.74, 6) is 0.817. The van der Waals surface area contributed by atoms with Gasteiger partial charge in [0.05, 0.1) is 13.2 Å². The van der Waals surface area contributed by atoms with Gasteiger partial charge in [-0.05, 0) is 43.2 Å². The average molecular weight is 272 g/mol. The Bertz CT molecular complexity index is 689. The number of aryl methyl sites for hydroxylation is 2. The fourth-order valence-electron chi connectivity index (χ4n) is 2.26. The molecule has 106 valence electrons. The predicted octanol–water partition coefficient (Wildman–Crippen LogP) is 2.06. The van der Waals surface area contributed by atoms with Gasteiger partial charge in [-0.3, -0.25) is 4.79 Å². The van der Waals surface area contributed by atoms with Crippen molar-refractivity contribution in [2.24, 2.45) is 12.8 Å². The molecule has 2 aromatic rings. The van der Waals surface area contributed by atoms with Gasteiger partial charge in [0.1, 0.15) is 5.75 Å². The van der Waals surface area contributed by atoms with Gasteiger partial charge in [-0.1, -0.05) is 12.1 Å². The Labute approximate surface area is 118 Å². The highest BCUT2D eigenvalue weighted by molar-refractivity contribution is 5.40. The van der Waals surface area contributed by atoms with Crippen molar-refractivity contribution in [2.75, 3.05) is 7.11 Å². The van der Waals surface area contributed by atoms with Gasteiger partial charge >= 0.3 is 0 Å². The summed E-state index contributed by atoms with van der Waals surface area (Å²) < 4.78 is 6.85. The molecule has 0 aliphatic heterocycles. The van der Waals surface area contributed by atoms with Gasteiger partial charge in [-0.15, -0.1) is 0 Å². The Kier molecular flexibility index (Phi) is 3.95. The van der Waals surface area contributed by atoms with Crippen molar-refractivity contribution in [1.82, 2.24) is 4.57 Å². The Morgan fingerprint density at radius 2 is 1.90 bits per heavy atom. The SMILES string of the molecule is COc1ccc(C(N)c2ccc(C)n(C)c2=O)cc1C. The van der Waals surface area contributed by atoms with Crippen molar-refractivity contribution in [3.8, 4) is 5.75 Å². The molecule has 1 atom stereocenters. The third kappa shape index (κ3) is 2.47. The number of hydrogen-bond acceptors (Lipinski definition) is 3. The molecule has 4 heteroatoms. The van der Waals surface area contributed by atoms with Crippen LogP contribution >= 0.6 is 0 Å². The minimum absolute atomic E-state index is 0.0500. The summed E-state index contributed by atoms with van der Waals surface area (Å²) in [5.41, 5.74) is 9.62. The lowest BCUT2D eigenvalue weighted by Crippen LogP contribution is -2.28. The summed E-state index contributed by atoms with van der Waals surface area (Å²) in [5, 5.41) is 0. The first-order valence-electron chi connectivity index (χ1n) is 6.52. The predicted molar refractivity (Wildman–Crippen MR) is 80.2 cm³/mol. The zero-order valence-corrected chi connectivity index (χ0v) is 12.3. The summed E-state index contributed by atoms with van der Waals surface area (Å²) in [6.45, 7) is 3.86. The summed E-state index contributed by atoms with van der Waals surface area (Å²) in [6, 6.07) is 9.02. The maximum Gasteiger partial charge on any atom is 0.255 e. The third-order valence-corrected chi connectivity index (χ3v) is 3.70. The highest BCUT2D eigenvalue weighted by atomic mass is 16.5. The molecule has 2 N–H and O–H groups in total. The molecule has 0 aliphatic carbocycles. The molecule has 0 saturated heterocycles. The first-order chi connectivity index (χ1) is 9.45. The van der Waals surface area contributed by atoms with Crippen LogP contribution in [-0.4, -0.2) is 11.7 Å². The minimum Gasteiger partial charge on any atom is -0.496 e. The lowest BCUT2D eigenvalue weighted by Gasteiger charge is -2.15. The molecule has 4 nitrogen and oxygen atoms in total. The van der Waals surface area contributed by atoms with Crippen molar-refractivity contribution in [3.05, 3.63) is 63.1 Å². The Balaban J connectivity index is 2.46. The van der Waals surface area contributed by atoms with Gasteiger partial charge in [0.25, 0.3) is 5.56 Å². The van der Waals surface area contributed by atoms with Crippen LogP contribution in [0, 0.1) is 13.8 Å². The van der Waals surface area contributed by atoms with Crippen LogP contribution in [0.2, 0.25) is 0 Å². The van der Waals surface area contributed by atoms with Crippen molar-refractivity contribution in [1.29, 1.82) is 0 Å². The topological polar surface area (TPSA) is 57.2 Å². The van der Waals surface area contributed by atoms with E-state index in [2.05, 4.69) is 0 Å². The number of aromatic nitrogens is 1. The Morgan fingerprint density at radius 1 is 1.20 bits per heavy atom. The number of methoxy groups -OCH3 is 1. The first-order valence-corrected chi connectivity index (χ1v) is 6.52. The fraction of sp³-hybridized carbons (Fsp3) is 0.312. The number of nitrogens with zero attached hydrogens (tertiary/aromatic N) is 1. The van der Waals surface area contributed by atoms with Crippen molar-refractivity contribution < 1.29 is 4.74 Å². The normalized spacial score (nSPS) is 12.2. The standard InChI is InChI=1S/C16H20N2O2/c1-10-9-12(6-8-14(10)20-4)15(17)13-7-5-11(2)18(3)16(13)19/h5-9,15H,17H2,1-4H3. The van der Waals surface area contributed by atoms with Crippen molar-refractivity contribution in [2.45, 2.75) is 19.9 Å². The molecule has 0 amide bonds. The average Bonchev–Trinajstić information content (AvgIpc) is 2.44. The molecule has 0 spiro atoms. The van der Waals surface area contributed by atoms with E-state index in [1.54, 1.807) is 18.7 Å². The minimum atomic E-state index is -0.432. The van der Waals surface area contributed by atoms with Crippen LogP contribution < -0.4 is 16.0 Å². The van der Waals surface area contributed by atoms with Crippen LogP contribution in [0.3, 0.4) is 0 Å². The number of hydrogen-bond donors (Lipinski definition) is 1. The molecule has 1 aromatic carbocycles. The van der Waals surface area contributed by atoms with Crippen molar-refractivity contribution >= 4 is 0 Å².